The maximum absolute atomic E-state index is 5.85. The highest BCUT2D eigenvalue weighted by Crippen LogP contribution is 2.23. The largest absolute Gasteiger partial charge is 0.477 e. The van der Waals surface area contributed by atoms with Crippen LogP contribution in [0, 0.1) is 26.7 Å². The van der Waals surface area contributed by atoms with Crippen LogP contribution in [0.25, 0.3) is 0 Å². The van der Waals surface area contributed by atoms with Gasteiger partial charge in [0.2, 0.25) is 5.88 Å². The molecule has 1 fully saturated rings. The Morgan fingerprint density at radius 1 is 1.04 bits per heavy atom. The second-order valence-corrected chi connectivity index (χ2v) is 6.27. The van der Waals surface area contributed by atoms with Gasteiger partial charge in [-0.05, 0) is 45.6 Å². The predicted octanol–water partition coefficient (Wildman–Crippen LogP) is 3.09. The minimum Gasteiger partial charge on any atom is -0.477 e. The van der Waals surface area contributed by atoms with Gasteiger partial charge < -0.3 is 9.64 Å². The molecule has 0 N–H and O–H groups in total. The predicted molar refractivity (Wildman–Crippen MR) is 90.9 cm³/mol. The van der Waals surface area contributed by atoms with Crippen molar-refractivity contribution in [3.05, 3.63) is 41.5 Å². The first-order valence-corrected chi connectivity index (χ1v) is 8.24. The third kappa shape index (κ3) is 4.18. The fourth-order valence-electron chi connectivity index (χ4n) is 2.99. The van der Waals surface area contributed by atoms with E-state index >= 15 is 0 Å². The van der Waals surface area contributed by atoms with Gasteiger partial charge >= 0.3 is 0 Å². The summed E-state index contributed by atoms with van der Waals surface area (Å²) in [6.45, 7) is 8.74. The van der Waals surface area contributed by atoms with E-state index in [1.807, 2.05) is 39.0 Å². The Hall–Kier alpha value is -2.17. The van der Waals surface area contributed by atoms with Gasteiger partial charge in [-0.25, -0.2) is 15.0 Å². The van der Waals surface area contributed by atoms with Gasteiger partial charge in [0.25, 0.3) is 0 Å². The SMILES string of the molecule is Cc1cccc(OCC2CCN(c3cc(C)nc(C)n3)CC2)n1. The number of nitrogens with zero attached hydrogens (tertiary/aromatic N) is 4. The molecule has 2 aromatic heterocycles. The third-order valence-electron chi connectivity index (χ3n) is 4.22. The molecule has 0 bridgehead atoms. The van der Waals surface area contributed by atoms with Gasteiger partial charge in [0.1, 0.15) is 11.6 Å². The molecular formula is C18H24N4O. The lowest BCUT2D eigenvalue weighted by molar-refractivity contribution is 0.215. The summed E-state index contributed by atoms with van der Waals surface area (Å²) in [6, 6.07) is 7.96. The molecule has 3 heterocycles. The molecule has 5 nitrogen and oxygen atoms in total. The van der Waals surface area contributed by atoms with E-state index in [0.717, 1.165) is 61.4 Å². The molecule has 0 unspecified atom stereocenters. The van der Waals surface area contributed by atoms with E-state index in [2.05, 4.69) is 25.9 Å². The van der Waals surface area contributed by atoms with Gasteiger partial charge in [-0.15, -0.1) is 0 Å². The second kappa shape index (κ2) is 6.94. The highest BCUT2D eigenvalue weighted by molar-refractivity contribution is 5.40. The molecule has 0 amide bonds. The maximum Gasteiger partial charge on any atom is 0.213 e. The van der Waals surface area contributed by atoms with Crippen LogP contribution in [0.4, 0.5) is 5.82 Å². The van der Waals surface area contributed by atoms with Crippen LogP contribution in [0.2, 0.25) is 0 Å². The summed E-state index contributed by atoms with van der Waals surface area (Å²) in [7, 11) is 0. The normalized spacial score (nSPS) is 15.7. The lowest BCUT2D eigenvalue weighted by atomic mass is 9.98. The maximum atomic E-state index is 5.85. The quantitative estimate of drug-likeness (QED) is 0.868. The van der Waals surface area contributed by atoms with Gasteiger partial charge in [0.15, 0.2) is 0 Å². The summed E-state index contributed by atoms with van der Waals surface area (Å²) in [5.41, 5.74) is 2.02. The second-order valence-electron chi connectivity index (χ2n) is 6.27. The first-order chi connectivity index (χ1) is 11.1. The fraction of sp³-hybridized carbons (Fsp3) is 0.500. The number of pyridine rings is 1. The molecule has 3 rings (SSSR count). The first kappa shape index (κ1) is 15.7. The van der Waals surface area contributed by atoms with Crippen molar-refractivity contribution in [3.8, 4) is 5.88 Å². The topological polar surface area (TPSA) is 51.1 Å². The summed E-state index contributed by atoms with van der Waals surface area (Å²) in [5, 5.41) is 0. The molecule has 23 heavy (non-hydrogen) atoms. The van der Waals surface area contributed by atoms with Crippen LogP contribution in [0.15, 0.2) is 24.3 Å². The van der Waals surface area contributed by atoms with Gasteiger partial charge in [0, 0.05) is 36.6 Å². The Bertz CT molecular complexity index is 646. The zero-order valence-corrected chi connectivity index (χ0v) is 14.1. The molecule has 1 aliphatic heterocycles. The van der Waals surface area contributed by atoms with E-state index in [1.54, 1.807) is 0 Å². The number of hydrogen-bond donors (Lipinski definition) is 0. The highest BCUT2D eigenvalue weighted by Gasteiger charge is 2.21. The zero-order valence-electron chi connectivity index (χ0n) is 14.1. The van der Waals surface area contributed by atoms with E-state index in [1.165, 1.54) is 0 Å². The first-order valence-electron chi connectivity index (χ1n) is 8.24. The fourth-order valence-corrected chi connectivity index (χ4v) is 2.99. The van der Waals surface area contributed by atoms with Crippen molar-refractivity contribution >= 4 is 5.82 Å². The average molecular weight is 312 g/mol. The van der Waals surface area contributed by atoms with Gasteiger partial charge in [-0.1, -0.05) is 6.07 Å². The van der Waals surface area contributed by atoms with Crippen LogP contribution in [-0.2, 0) is 0 Å². The number of aromatic nitrogens is 3. The smallest absolute Gasteiger partial charge is 0.213 e. The van der Waals surface area contributed by atoms with Crippen LogP contribution < -0.4 is 9.64 Å². The van der Waals surface area contributed by atoms with Crippen LogP contribution in [0.3, 0.4) is 0 Å². The molecule has 122 valence electrons. The van der Waals surface area contributed by atoms with Crippen molar-refractivity contribution in [2.75, 3.05) is 24.6 Å². The highest BCUT2D eigenvalue weighted by atomic mass is 16.5. The monoisotopic (exact) mass is 312 g/mol. The number of ether oxygens (including phenoxy) is 1. The lowest BCUT2D eigenvalue weighted by Gasteiger charge is -2.32. The van der Waals surface area contributed by atoms with Crippen molar-refractivity contribution < 1.29 is 4.74 Å². The molecule has 0 saturated carbocycles. The molecule has 1 aliphatic rings. The van der Waals surface area contributed by atoms with Gasteiger partial charge in [0.05, 0.1) is 6.61 Å². The molecular weight excluding hydrogens is 288 g/mol. The molecule has 1 saturated heterocycles. The minimum atomic E-state index is 0.581. The van der Waals surface area contributed by atoms with Gasteiger partial charge in [-0.3, -0.25) is 0 Å². The third-order valence-corrected chi connectivity index (χ3v) is 4.22. The molecule has 5 heteroatoms. The summed E-state index contributed by atoms with van der Waals surface area (Å²) >= 11 is 0. The van der Waals surface area contributed by atoms with E-state index in [0.29, 0.717) is 5.92 Å². The van der Waals surface area contributed by atoms with E-state index < -0.39 is 0 Å². The van der Waals surface area contributed by atoms with E-state index in [-0.39, 0.29) is 0 Å². The van der Waals surface area contributed by atoms with Gasteiger partial charge in [-0.2, -0.15) is 0 Å². The van der Waals surface area contributed by atoms with Crippen LogP contribution >= 0.6 is 0 Å². The Labute approximate surface area is 137 Å². The molecule has 2 aromatic rings. The number of rotatable bonds is 4. The Kier molecular flexibility index (Phi) is 4.74. The summed E-state index contributed by atoms with van der Waals surface area (Å²) < 4.78 is 5.85. The molecule has 0 aromatic carbocycles. The van der Waals surface area contributed by atoms with Crippen LogP contribution in [0.1, 0.15) is 30.1 Å². The van der Waals surface area contributed by atoms with E-state index in [9.17, 15) is 0 Å². The number of hydrogen-bond acceptors (Lipinski definition) is 5. The van der Waals surface area contributed by atoms with Crippen molar-refractivity contribution in [2.45, 2.75) is 33.6 Å². The summed E-state index contributed by atoms with van der Waals surface area (Å²) in [6.07, 6.45) is 2.24. The number of anilines is 1. The zero-order chi connectivity index (χ0) is 16.2. The Morgan fingerprint density at radius 2 is 1.83 bits per heavy atom. The van der Waals surface area contributed by atoms with Crippen molar-refractivity contribution in [1.29, 1.82) is 0 Å². The minimum absolute atomic E-state index is 0.581. The lowest BCUT2D eigenvalue weighted by Crippen LogP contribution is -2.36. The molecule has 0 atom stereocenters. The Morgan fingerprint density at radius 3 is 2.52 bits per heavy atom. The number of piperidine rings is 1. The summed E-state index contributed by atoms with van der Waals surface area (Å²) in [5.74, 6) is 3.21. The molecule has 0 spiro atoms. The Balaban J connectivity index is 1.52. The standard InChI is InChI=1S/C18H24N4O/c1-13-5-4-6-18(20-13)23-12-16-7-9-22(10-8-16)17-11-14(2)19-15(3)21-17/h4-6,11,16H,7-10,12H2,1-3H3. The molecule has 0 aliphatic carbocycles. The average Bonchev–Trinajstić information content (AvgIpc) is 2.53. The van der Waals surface area contributed by atoms with Crippen LogP contribution in [0.5, 0.6) is 5.88 Å². The summed E-state index contributed by atoms with van der Waals surface area (Å²) in [4.78, 5) is 15.6. The van der Waals surface area contributed by atoms with Crippen molar-refractivity contribution in [2.24, 2.45) is 5.92 Å². The van der Waals surface area contributed by atoms with Crippen molar-refractivity contribution in [1.82, 2.24) is 15.0 Å². The van der Waals surface area contributed by atoms with E-state index in [4.69, 9.17) is 4.74 Å². The van der Waals surface area contributed by atoms with Crippen molar-refractivity contribution in [3.63, 3.8) is 0 Å². The number of aryl methyl sites for hydroxylation is 3. The molecule has 0 radical (unpaired) electrons. The van der Waals surface area contributed by atoms with Crippen LogP contribution in [-0.4, -0.2) is 34.6 Å².